The molecule has 0 spiro atoms. The number of nitrogens with zero attached hydrogens (tertiary/aromatic N) is 4. The molecule has 4 rings (SSSR count). The van der Waals surface area contributed by atoms with Crippen LogP contribution in [0.3, 0.4) is 0 Å². The van der Waals surface area contributed by atoms with Gasteiger partial charge in [-0.25, -0.2) is 4.98 Å². The second-order valence-corrected chi connectivity index (χ2v) is 6.49. The van der Waals surface area contributed by atoms with Crippen molar-refractivity contribution in [3.05, 3.63) is 60.0 Å². The van der Waals surface area contributed by atoms with Gasteiger partial charge in [-0.05, 0) is 30.7 Å². The van der Waals surface area contributed by atoms with Gasteiger partial charge in [0, 0.05) is 18.1 Å². The van der Waals surface area contributed by atoms with E-state index < -0.39 is 0 Å². The molecule has 0 saturated carbocycles. The minimum Gasteiger partial charge on any atom is -0.496 e. The summed E-state index contributed by atoms with van der Waals surface area (Å²) in [6.07, 6.45) is 4.08. The minimum atomic E-state index is 0.450. The van der Waals surface area contributed by atoms with E-state index >= 15 is 0 Å². The number of thioether (sulfide) groups is 1. The van der Waals surface area contributed by atoms with Crippen molar-refractivity contribution in [3.8, 4) is 17.2 Å². The number of methoxy groups -OCH3 is 1. The summed E-state index contributed by atoms with van der Waals surface area (Å²) in [7, 11) is 1.62. The molecule has 0 fully saturated rings. The lowest BCUT2D eigenvalue weighted by Crippen LogP contribution is -1.87. The molecule has 4 aromatic rings. The van der Waals surface area contributed by atoms with Crippen LogP contribution in [0, 0.1) is 6.92 Å². The van der Waals surface area contributed by atoms with Gasteiger partial charge in [-0.2, -0.15) is 0 Å². The fraction of sp³-hybridized carbons (Fsp3) is 0.167. The topological polar surface area (TPSA) is 65.5 Å². The van der Waals surface area contributed by atoms with Crippen molar-refractivity contribution in [3.63, 3.8) is 0 Å². The van der Waals surface area contributed by atoms with Crippen LogP contribution in [0.1, 0.15) is 11.3 Å². The normalized spacial score (nSPS) is 11.1. The summed E-state index contributed by atoms with van der Waals surface area (Å²) in [5, 5.41) is 8.73. The minimum absolute atomic E-state index is 0.450. The summed E-state index contributed by atoms with van der Waals surface area (Å²) < 4.78 is 13.1. The number of ether oxygens (including phenoxy) is 1. The molecular formula is C18H16N4O2S. The molecule has 7 heteroatoms. The Morgan fingerprint density at radius 3 is 2.88 bits per heavy atom. The fourth-order valence-corrected chi connectivity index (χ4v) is 3.21. The molecule has 0 radical (unpaired) electrons. The Kier molecular flexibility index (Phi) is 4.15. The first-order chi connectivity index (χ1) is 12.2. The Balaban J connectivity index is 1.51. The first-order valence-electron chi connectivity index (χ1n) is 7.77. The summed E-state index contributed by atoms with van der Waals surface area (Å²) >= 11 is 1.46. The van der Waals surface area contributed by atoms with E-state index in [0.29, 0.717) is 22.6 Å². The zero-order valence-electron chi connectivity index (χ0n) is 13.8. The molecule has 0 aliphatic carbocycles. The van der Waals surface area contributed by atoms with Crippen LogP contribution >= 0.6 is 11.8 Å². The van der Waals surface area contributed by atoms with Gasteiger partial charge in [0.15, 0.2) is 0 Å². The van der Waals surface area contributed by atoms with Crippen LogP contribution in [-0.2, 0) is 5.75 Å². The average Bonchev–Trinajstić information content (AvgIpc) is 3.26. The van der Waals surface area contributed by atoms with Crippen LogP contribution in [-0.4, -0.2) is 26.7 Å². The SMILES string of the molecule is COc1ccccc1-c1nnc(SCc2cn3cc(C)ccc3n2)o1. The number of rotatable bonds is 5. The third kappa shape index (κ3) is 3.23. The largest absolute Gasteiger partial charge is 0.496 e. The van der Waals surface area contributed by atoms with Gasteiger partial charge in [-0.1, -0.05) is 30.0 Å². The van der Waals surface area contributed by atoms with E-state index in [1.54, 1.807) is 7.11 Å². The Morgan fingerprint density at radius 1 is 1.12 bits per heavy atom. The van der Waals surface area contributed by atoms with E-state index in [2.05, 4.69) is 34.4 Å². The molecular weight excluding hydrogens is 336 g/mol. The first-order valence-corrected chi connectivity index (χ1v) is 8.75. The number of fused-ring (bicyclic) bond motifs is 1. The number of aryl methyl sites for hydroxylation is 1. The number of para-hydroxylation sites is 1. The zero-order valence-corrected chi connectivity index (χ0v) is 14.7. The highest BCUT2D eigenvalue weighted by atomic mass is 32.2. The van der Waals surface area contributed by atoms with Gasteiger partial charge in [0.25, 0.3) is 11.1 Å². The maximum atomic E-state index is 5.75. The van der Waals surface area contributed by atoms with Crippen molar-refractivity contribution in [2.45, 2.75) is 17.9 Å². The van der Waals surface area contributed by atoms with E-state index in [4.69, 9.17) is 9.15 Å². The summed E-state index contributed by atoms with van der Waals surface area (Å²) in [6, 6.07) is 11.6. The smallest absolute Gasteiger partial charge is 0.277 e. The fourth-order valence-electron chi connectivity index (χ4n) is 2.56. The first kappa shape index (κ1) is 15.7. The van der Waals surface area contributed by atoms with Crippen LogP contribution in [0.5, 0.6) is 5.75 Å². The monoisotopic (exact) mass is 352 g/mol. The summed E-state index contributed by atoms with van der Waals surface area (Å²) in [5.41, 5.74) is 3.88. The Bertz CT molecular complexity index is 1020. The predicted molar refractivity (Wildman–Crippen MR) is 95.8 cm³/mol. The third-order valence-corrected chi connectivity index (χ3v) is 4.59. The van der Waals surface area contributed by atoms with Crippen molar-refractivity contribution in [1.82, 2.24) is 19.6 Å². The van der Waals surface area contributed by atoms with Gasteiger partial charge >= 0.3 is 0 Å². The van der Waals surface area contributed by atoms with Crippen LogP contribution in [0.15, 0.2) is 58.4 Å². The number of imidazole rings is 1. The molecule has 0 bridgehead atoms. The van der Waals surface area contributed by atoms with Crippen LogP contribution < -0.4 is 4.74 Å². The molecule has 0 N–H and O–H groups in total. The molecule has 3 aromatic heterocycles. The van der Waals surface area contributed by atoms with Crippen molar-refractivity contribution in [2.75, 3.05) is 7.11 Å². The zero-order chi connectivity index (χ0) is 17.2. The van der Waals surface area contributed by atoms with Crippen LogP contribution in [0.4, 0.5) is 0 Å². The van der Waals surface area contributed by atoms with Gasteiger partial charge in [-0.15, -0.1) is 10.2 Å². The van der Waals surface area contributed by atoms with Gasteiger partial charge in [0.1, 0.15) is 11.4 Å². The standard InChI is InChI=1S/C18H16N4O2S/c1-12-7-8-16-19-13(10-22(16)9-12)11-25-18-21-20-17(24-18)14-5-3-4-6-15(14)23-2/h3-10H,11H2,1-2H3. The Morgan fingerprint density at radius 2 is 2.00 bits per heavy atom. The summed E-state index contributed by atoms with van der Waals surface area (Å²) in [4.78, 5) is 4.59. The Labute approximate surface area is 148 Å². The van der Waals surface area contributed by atoms with E-state index in [1.807, 2.05) is 40.9 Å². The van der Waals surface area contributed by atoms with Crippen molar-refractivity contribution >= 4 is 17.4 Å². The average molecular weight is 352 g/mol. The maximum Gasteiger partial charge on any atom is 0.277 e. The van der Waals surface area contributed by atoms with Crippen molar-refractivity contribution < 1.29 is 9.15 Å². The maximum absolute atomic E-state index is 5.75. The third-order valence-electron chi connectivity index (χ3n) is 3.74. The van der Waals surface area contributed by atoms with E-state index in [1.165, 1.54) is 17.3 Å². The highest BCUT2D eigenvalue weighted by Crippen LogP contribution is 2.31. The number of benzene rings is 1. The summed E-state index contributed by atoms with van der Waals surface area (Å²) in [6.45, 7) is 2.06. The number of pyridine rings is 1. The molecule has 1 aromatic carbocycles. The molecule has 25 heavy (non-hydrogen) atoms. The van der Waals surface area contributed by atoms with Gasteiger partial charge in [0.2, 0.25) is 0 Å². The number of aromatic nitrogens is 4. The van der Waals surface area contributed by atoms with Gasteiger partial charge < -0.3 is 13.6 Å². The Hall–Kier alpha value is -2.80. The quantitative estimate of drug-likeness (QED) is 0.506. The lowest BCUT2D eigenvalue weighted by Gasteiger charge is -2.03. The van der Waals surface area contributed by atoms with E-state index in [0.717, 1.165) is 16.9 Å². The van der Waals surface area contributed by atoms with Crippen molar-refractivity contribution in [1.29, 1.82) is 0 Å². The highest BCUT2D eigenvalue weighted by molar-refractivity contribution is 7.98. The second kappa shape index (κ2) is 6.60. The number of hydrogen-bond acceptors (Lipinski definition) is 6. The lowest BCUT2D eigenvalue weighted by atomic mass is 10.2. The molecule has 0 aliphatic heterocycles. The molecule has 126 valence electrons. The van der Waals surface area contributed by atoms with Gasteiger partial charge in [-0.3, -0.25) is 0 Å². The van der Waals surface area contributed by atoms with Gasteiger partial charge in [0.05, 0.1) is 18.4 Å². The molecule has 0 unspecified atom stereocenters. The second-order valence-electron chi connectivity index (χ2n) is 5.57. The molecule has 0 atom stereocenters. The molecule has 3 heterocycles. The predicted octanol–water partition coefficient (Wildman–Crippen LogP) is 3.99. The number of hydrogen-bond donors (Lipinski definition) is 0. The lowest BCUT2D eigenvalue weighted by molar-refractivity contribution is 0.411. The summed E-state index contributed by atoms with van der Waals surface area (Å²) in [5.74, 6) is 1.82. The molecule has 0 aliphatic rings. The molecule has 0 saturated heterocycles. The molecule has 0 amide bonds. The highest BCUT2D eigenvalue weighted by Gasteiger charge is 2.14. The van der Waals surface area contributed by atoms with E-state index in [9.17, 15) is 0 Å². The van der Waals surface area contributed by atoms with Crippen LogP contribution in [0.25, 0.3) is 17.1 Å². The van der Waals surface area contributed by atoms with Crippen LogP contribution in [0.2, 0.25) is 0 Å². The molecule has 6 nitrogen and oxygen atoms in total. The van der Waals surface area contributed by atoms with Crippen molar-refractivity contribution in [2.24, 2.45) is 0 Å². The van der Waals surface area contributed by atoms with E-state index in [-0.39, 0.29) is 0 Å².